The summed E-state index contributed by atoms with van der Waals surface area (Å²) in [5.41, 5.74) is 3.07. The molecular formula is C13H14N4O4S. The van der Waals surface area contributed by atoms with E-state index in [-0.39, 0.29) is 17.2 Å². The first kappa shape index (κ1) is 15.7. The number of nitro benzene ring substituents is 1. The molecule has 0 amide bonds. The number of methoxy groups -OCH3 is 1. The highest BCUT2D eigenvalue weighted by molar-refractivity contribution is 7.13. The van der Waals surface area contributed by atoms with E-state index in [9.17, 15) is 10.1 Å². The maximum atomic E-state index is 11.2. The second-order valence-corrected chi connectivity index (χ2v) is 4.86. The summed E-state index contributed by atoms with van der Waals surface area (Å²) >= 11 is 1.39. The maximum absolute atomic E-state index is 11.2. The predicted octanol–water partition coefficient (Wildman–Crippen LogP) is 2.90. The summed E-state index contributed by atoms with van der Waals surface area (Å²) in [6.45, 7) is 2.05. The van der Waals surface area contributed by atoms with Crippen LogP contribution in [0.5, 0.6) is 11.5 Å². The van der Waals surface area contributed by atoms with Crippen LogP contribution in [0.15, 0.2) is 28.8 Å². The predicted molar refractivity (Wildman–Crippen MR) is 84.1 cm³/mol. The van der Waals surface area contributed by atoms with Gasteiger partial charge in [0.25, 0.3) is 0 Å². The second kappa shape index (κ2) is 7.36. The quantitative estimate of drug-likeness (QED) is 0.478. The van der Waals surface area contributed by atoms with Crippen molar-refractivity contribution in [1.29, 1.82) is 0 Å². The van der Waals surface area contributed by atoms with Crippen molar-refractivity contribution in [1.82, 2.24) is 4.98 Å². The standard InChI is InChI=1S/C13H14N4O4S/c1-3-21-12-10(17(18)19)6-9(7-11(12)20-2)8-15-16-13-14-4-5-22-13/h4-8H,3H2,1-2H3,(H,14,16)/b15-8-. The zero-order chi connectivity index (χ0) is 15.9. The minimum Gasteiger partial charge on any atom is -0.493 e. The molecule has 0 unspecified atom stereocenters. The van der Waals surface area contributed by atoms with Crippen LogP contribution in [0.1, 0.15) is 12.5 Å². The lowest BCUT2D eigenvalue weighted by Crippen LogP contribution is -2.02. The number of nitrogens with one attached hydrogen (secondary N) is 1. The summed E-state index contributed by atoms with van der Waals surface area (Å²) in [5.74, 6) is 0.395. The first-order chi connectivity index (χ1) is 10.7. The van der Waals surface area contributed by atoms with E-state index >= 15 is 0 Å². The van der Waals surface area contributed by atoms with Crippen LogP contribution in [0, 0.1) is 10.1 Å². The van der Waals surface area contributed by atoms with E-state index in [1.807, 2.05) is 5.38 Å². The third kappa shape index (κ3) is 3.70. The topological polar surface area (TPSA) is 98.9 Å². The molecule has 2 aromatic rings. The van der Waals surface area contributed by atoms with Gasteiger partial charge >= 0.3 is 5.69 Å². The molecule has 9 heteroatoms. The van der Waals surface area contributed by atoms with E-state index in [4.69, 9.17) is 9.47 Å². The first-order valence-corrected chi connectivity index (χ1v) is 7.21. The van der Waals surface area contributed by atoms with E-state index in [0.717, 1.165) is 0 Å². The number of nitro groups is 1. The molecular weight excluding hydrogens is 308 g/mol. The summed E-state index contributed by atoms with van der Waals surface area (Å²) in [7, 11) is 1.43. The highest BCUT2D eigenvalue weighted by atomic mass is 32.1. The average molecular weight is 322 g/mol. The number of benzene rings is 1. The van der Waals surface area contributed by atoms with Crippen molar-refractivity contribution in [3.8, 4) is 11.5 Å². The third-order valence-electron chi connectivity index (χ3n) is 2.57. The average Bonchev–Trinajstić information content (AvgIpc) is 3.01. The van der Waals surface area contributed by atoms with Crippen molar-refractivity contribution in [2.75, 3.05) is 19.1 Å². The molecule has 8 nitrogen and oxygen atoms in total. The zero-order valence-corrected chi connectivity index (χ0v) is 12.8. The van der Waals surface area contributed by atoms with Crippen molar-refractivity contribution in [3.63, 3.8) is 0 Å². The second-order valence-electron chi connectivity index (χ2n) is 3.97. The number of hydrazone groups is 1. The number of hydrogen-bond acceptors (Lipinski definition) is 8. The fraction of sp³-hybridized carbons (Fsp3) is 0.231. The lowest BCUT2D eigenvalue weighted by atomic mass is 10.2. The fourth-order valence-corrected chi connectivity index (χ4v) is 2.18. The molecule has 0 aliphatic carbocycles. The molecule has 1 heterocycles. The molecule has 22 heavy (non-hydrogen) atoms. The molecule has 1 aromatic heterocycles. The molecule has 0 aliphatic heterocycles. The molecule has 0 spiro atoms. The molecule has 2 rings (SSSR count). The molecule has 0 atom stereocenters. The van der Waals surface area contributed by atoms with Crippen LogP contribution >= 0.6 is 11.3 Å². The van der Waals surface area contributed by atoms with Gasteiger partial charge in [-0.1, -0.05) is 0 Å². The van der Waals surface area contributed by atoms with Gasteiger partial charge < -0.3 is 9.47 Å². The van der Waals surface area contributed by atoms with Crippen molar-refractivity contribution in [2.45, 2.75) is 6.92 Å². The Hall–Kier alpha value is -2.68. The van der Waals surface area contributed by atoms with E-state index in [2.05, 4.69) is 15.5 Å². The van der Waals surface area contributed by atoms with Crippen molar-refractivity contribution >= 4 is 28.4 Å². The van der Waals surface area contributed by atoms with Crippen molar-refractivity contribution in [2.24, 2.45) is 5.10 Å². The van der Waals surface area contributed by atoms with Gasteiger partial charge in [0.15, 0.2) is 5.75 Å². The molecule has 1 aromatic carbocycles. The summed E-state index contributed by atoms with van der Waals surface area (Å²) in [4.78, 5) is 14.7. The minimum atomic E-state index is -0.515. The Bertz CT molecular complexity index is 673. The number of nitrogens with zero attached hydrogens (tertiary/aromatic N) is 3. The minimum absolute atomic E-state index is 0.111. The lowest BCUT2D eigenvalue weighted by molar-refractivity contribution is -0.385. The lowest BCUT2D eigenvalue weighted by Gasteiger charge is -2.10. The molecule has 0 aliphatic rings. The Kier molecular flexibility index (Phi) is 5.26. The van der Waals surface area contributed by atoms with Crippen LogP contribution < -0.4 is 14.9 Å². The third-order valence-corrected chi connectivity index (χ3v) is 3.25. The summed E-state index contributed by atoms with van der Waals surface area (Å²) in [5, 5.41) is 17.6. The van der Waals surface area contributed by atoms with Gasteiger partial charge in [0.05, 0.1) is 24.9 Å². The largest absolute Gasteiger partial charge is 0.493 e. The monoisotopic (exact) mass is 322 g/mol. The Morgan fingerprint density at radius 3 is 2.95 bits per heavy atom. The summed E-state index contributed by atoms with van der Waals surface area (Å²) in [6.07, 6.45) is 3.10. The van der Waals surface area contributed by atoms with E-state index in [1.54, 1.807) is 19.2 Å². The van der Waals surface area contributed by atoms with Crippen LogP contribution in [-0.4, -0.2) is 29.8 Å². The smallest absolute Gasteiger partial charge is 0.315 e. The van der Waals surface area contributed by atoms with Crippen molar-refractivity contribution < 1.29 is 14.4 Å². The summed E-state index contributed by atoms with van der Waals surface area (Å²) < 4.78 is 10.5. The number of ether oxygens (including phenoxy) is 2. The maximum Gasteiger partial charge on any atom is 0.315 e. The van der Waals surface area contributed by atoms with Crippen LogP contribution in [0.3, 0.4) is 0 Å². The Labute approximate surface area is 130 Å². The van der Waals surface area contributed by atoms with Crippen LogP contribution in [-0.2, 0) is 0 Å². The fourth-order valence-electron chi connectivity index (χ4n) is 1.70. The van der Waals surface area contributed by atoms with Gasteiger partial charge in [-0.05, 0) is 13.0 Å². The van der Waals surface area contributed by atoms with Crippen LogP contribution in [0.25, 0.3) is 0 Å². The summed E-state index contributed by atoms with van der Waals surface area (Å²) in [6, 6.07) is 2.99. The van der Waals surface area contributed by atoms with Gasteiger partial charge in [-0.15, -0.1) is 11.3 Å². The first-order valence-electron chi connectivity index (χ1n) is 6.33. The SMILES string of the molecule is CCOc1c(OC)cc(/C=N\Nc2nccs2)cc1[N+](=O)[O-]. The molecule has 0 fully saturated rings. The molecule has 0 radical (unpaired) electrons. The van der Waals surface area contributed by atoms with E-state index in [1.165, 1.54) is 30.7 Å². The molecule has 0 saturated carbocycles. The Morgan fingerprint density at radius 1 is 1.55 bits per heavy atom. The van der Waals surface area contributed by atoms with E-state index in [0.29, 0.717) is 17.3 Å². The highest BCUT2D eigenvalue weighted by Gasteiger charge is 2.21. The van der Waals surface area contributed by atoms with Crippen molar-refractivity contribution in [3.05, 3.63) is 39.4 Å². The number of anilines is 1. The number of aromatic nitrogens is 1. The number of hydrogen-bond donors (Lipinski definition) is 1. The Balaban J connectivity index is 2.29. The highest BCUT2D eigenvalue weighted by Crippen LogP contribution is 2.37. The van der Waals surface area contributed by atoms with Crippen LogP contribution in [0.4, 0.5) is 10.8 Å². The van der Waals surface area contributed by atoms with Gasteiger partial charge in [-0.25, -0.2) is 4.98 Å². The normalized spacial score (nSPS) is 10.6. The van der Waals surface area contributed by atoms with E-state index < -0.39 is 4.92 Å². The molecule has 0 saturated heterocycles. The molecule has 1 N–H and O–H groups in total. The number of thiazole rings is 1. The molecule has 116 valence electrons. The van der Waals surface area contributed by atoms with Crippen LogP contribution in [0.2, 0.25) is 0 Å². The number of rotatable bonds is 7. The van der Waals surface area contributed by atoms with Gasteiger partial charge in [-0.2, -0.15) is 5.10 Å². The van der Waals surface area contributed by atoms with Gasteiger partial charge in [0, 0.05) is 23.2 Å². The van der Waals surface area contributed by atoms with Gasteiger partial charge in [-0.3, -0.25) is 15.5 Å². The molecule has 0 bridgehead atoms. The van der Waals surface area contributed by atoms with Gasteiger partial charge in [0.2, 0.25) is 10.9 Å². The Morgan fingerprint density at radius 2 is 2.36 bits per heavy atom. The zero-order valence-electron chi connectivity index (χ0n) is 12.0. The van der Waals surface area contributed by atoms with Gasteiger partial charge in [0.1, 0.15) is 0 Å².